The molecule has 4 nitrogen and oxygen atoms in total. The van der Waals surface area contributed by atoms with Crippen LogP contribution >= 0.6 is 0 Å². The predicted octanol–water partition coefficient (Wildman–Crippen LogP) is 10.7. The van der Waals surface area contributed by atoms with Crippen molar-refractivity contribution in [2.75, 3.05) is 0 Å². The molecule has 2 heterocycles. The van der Waals surface area contributed by atoms with Crippen LogP contribution < -0.4 is 0 Å². The molecule has 0 saturated heterocycles. The minimum absolute atomic E-state index is 0.578. The van der Waals surface area contributed by atoms with Gasteiger partial charge < -0.3 is 4.42 Å². The van der Waals surface area contributed by atoms with Crippen molar-refractivity contribution in [1.82, 2.24) is 15.0 Å². The van der Waals surface area contributed by atoms with E-state index in [1.807, 2.05) is 72.8 Å². The van der Waals surface area contributed by atoms with Gasteiger partial charge in [0.25, 0.3) is 0 Å². The number of hydrogen-bond donors (Lipinski definition) is 0. The topological polar surface area (TPSA) is 51.8 Å². The van der Waals surface area contributed by atoms with Gasteiger partial charge in [-0.15, -0.1) is 0 Å². The number of nitrogens with zero attached hydrogens (tertiary/aromatic N) is 3. The molecule has 0 saturated carbocycles. The maximum atomic E-state index is 6.64. The molecule has 0 unspecified atom stereocenters. The van der Waals surface area contributed by atoms with Gasteiger partial charge in [0, 0.05) is 21.9 Å². The van der Waals surface area contributed by atoms with E-state index < -0.39 is 0 Å². The smallest absolute Gasteiger partial charge is 0.167 e. The third-order valence-corrected chi connectivity index (χ3v) is 8.52. The Bertz CT molecular complexity index is 2480. The second kappa shape index (κ2) is 10.2. The molecular formula is C41H25N3O. The van der Waals surface area contributed by atoms with Gasteiger partial charge in [-0.2, -0.15) is 0 Å². The lowest BCUT2D eigenvalue weighted by Crippen LogP contribution is -2.00. The quantitative estimate of drug-likeness (QED) is 0.196. The standard InChI is InChI=1S/C41H25N3O/c1-3-11-27(12-4-1)39-42-40(28-13-5-2-6-14-28)44-41(43-39)36-17-9-16-35-34-23-21-30(25-37(34)45-38(35)36)29-20-22-33-31(24-29)19-18-26-10-7-8-15-32(26)33/h1-25H. The van der Waals surface area contributed by atoms with E-state index in [9.17, 15) is 0 Å². The van der Waals surface area contributed by atoms with Gasteiger partial charge in [0.1, 0.15) is 11.2 Å². The molecule has 0 bridgehead atoms. The lowest BCUT2D eigenvalue weighted by Gasteiger charge is -2.08. The Morgan fingerprint density at radius 1 is 0.356 bits per heavy atom. The first-order valence-corrected chi connectivity index (χ1v) is 15.0. The zero-order chi connectivity index (χ0) is 29.7. The summed E-state index contributed by atoms with van der Waals surface area (Å²) in [6.45, 7) is 0. The Hall–Kier alpha value is -6.13. The molecule has 0 amide bonds. The van der Waals surface area contributed by atoms with Crippen molar-refractivity contribution < 1.29 is 4.42 Å². The number of fused-ring (bicyclic) bond motifs is 6. The Morgan fingerprint density at radius 2 is 0.933 bits per heavy atom. The summed E-state index contributed by atoms with van der Waals surface area (Å²) in [6, 6.07) is 52.3. The molecule has 0 N–H and O–H groups in total. The molecule has 9 rings (SSSR count). The highest BCUT2D eigenvalue weighted by molar-refractivity contribution is 6.11. The second-order valence-corrected chi connectivity index (χ2v) is 11.3. The summed E-state index contributed by atoms with van der Waals surface area (Å²) in [6.07, 6.45) is 0. The van der Waals surface area contributed by atoms with E-state index in [1.165, 1.54) is 21.5 Å². The molecule has 0 aliphatic rings. The minimum atomic E-state index is 0.578. The van der Waals surface area contributed by atoms with Crippen LogP contribution in [0.2, 0.25) is 0 Å². The fraction of sp³-hybridized carbons (Fsp3) is 0. The van der Waals surface area contributed by atoms with Crippen molar-refractivity contribution in [3.63, 3.8) is 0 Å². The van der Waals surface area contributed by atoms with Crippen molar-refractivity contribution in [2.24, 2.45) is 0 Å². The molecular weight excluding hydrogens is 550 g/mol. The molecule has 0 aliphatic carbocycles. The van der Waals surface area contributed by atoms with Crippen molar-refractivity contribution in [1.29, 1.82) is 0 Å². The average molecular weight is 576 g/mol. The summed E-state index contributed by atoms with van der Waals surface area (Å²) in [4.78, 5) is 14.8. The van der Waals surface area contributed by atoms with Gasteiger partial charge in [-0.1, -0.05) is 127 Å². The molecule has 0 aliphatic heterocycles. The fourth-order valence-corrected chi connectivity index (χ4v) is 6.28. The second-order valence-electron chi connectivity index (χ2n) is 11.3. The lowest BCUT2D eigenvalue weighted by atomic mass is 9.97. The third kappa shape index (κ3) is 4.35. The highest BCUT2D eigenvalue weighted by Crippen LogP contribution is 2.38. The molecule has 9 aromatic rings. The number of aromatic nitrogens is 3. The molecule has 0 fully saturated rings. The summed E-state index contributed by atoms with van der Waals surface area (Å²) in [5.41, 5.74) is 6.55. The van der Waals surface area contributed by atoms with E-state index in [0.29, 0.717) is 17.5 Å². The molecule has 7 aromatic carbocycles. The van der Waals surface area contributed by atoms with Crippen molar-refractivity contribution in [3.05, 3.63) is 152 Å². The predicted molar refractivity (Wildman–Crippen MR) is 184 cm³/mol. The van der Waals surface area contributed by atoms with E-state index in [4.69, 9.17) is 19.4 Å². The van der Waals surface area contributed by atoms with Crippen LogP contribution in [0.4, 0.5) is 0 Å². The van der Waals surface area contributed by atoms with Gasteiger partial charge in [-0.3, -0.25) is 0 Å². The number of hydrogen-bond acceptors (Lipinski definition) is 4. The number of benzene rings is 7. The molecule has 45 heavy (non-hydrogen) atoms. The van der Waals surface area contributed by atoms with Crippen LogP contribution in [0.25, 0.3) is 88.8 Å². The van der Waals surface area contributed by atoms with Gasteiger partial charge in [-0.05, 0) is 56.9 Å². The van der Waals surface area contributed by atoms with E-state index in [2.05, 4.69) is 78.9 Å². The SMILES string of the molecule is c1ccc(-c2nc(-c3ccccc3)nc(-c3cccc4c3oc3cc(-c5ccc6c(ccc7ccccc76)c5)ccc34)n2)cc1. The number of rotatable bonds is 4. The first-order valence-electron chi connectivity index (χ1n) is 15.0. The van der Waals surface area contributed by atoms with Crippen LogP contribution in [-0.2, 0) is 0 Å². The summed E-state index contributed by atoms with van der Waals surface area (Å²) in [5, 5.41) is 7.09. The molecule has 0 atom stereocenters. The van der Waals surface area contributed by atoms with E-state index in [1.54, 1.807) is 0 Å². The molecule has 4 heteroatoms. The highest BCUT2D eigenvalue weighted by atomic mass is 16.3. The highest BCUT2D eigenvalue weighted by Gasteiger charge is 2.18. The fourth-order valence-electron chi connectivity index (χ4n) is 6.28. The van der Waals surface area contributed by atoms with Gasteiger partial charge in [-0.25, -0.2) is 15.0 Å². The maximum absolute atomic E-state index is 6.64. The van der Waals surface area contributed by atoms with Crippen molar-refractivity contribution in [2.45, 2.75) is 0 Å². The summed E-state index contributed by atoms with van der Waals surface area (Å²) in [7, 11) is 0. The van der Waals surface area contributed by atoms with Gasteiger partial charge in [0.05, 0.1) is 5.56 Å². The summed E-state index contributed by atoms with van der Waals surface area (Å²) < 4.78 is 6.64. The largest absolute Gasteiger partial charge is 0.455 e. The summed E-state index contributed by atoms with van der Waals surface area (Å²) >= 11 is 0. The van der Waals surface area contributed by atoms with Gasteiger partial charge in [0.15, 0.2) is 17.5 Å². The maximum Gasteiger partial charge on any atom is 0.167 e. The van der Waals surface area contributed by atoms with Gasteiger partial charge in [0.2, 0.25) is 0 Å². The number of para-hydroxylation sites is 1. The Kier molecular flexibility index (Phi) is 5.78. The Morgan fingerprint density at radius 3 is 1.69 bits per heavy atom. The molecule has 0 spiro atoms. The van der Waals surface area contributed by atoms with Crippen LogP contribution in [0.1, 0.15) is 0 Å². The summed E-state index contributed by atoms with van der Waals surface area (Å²) in [5.74, 6) is 1.83. The van der Waals surface area contributed by atoms with Crippen LogP contribution in [0.15, 0.2) is 156 Å². The van der Waals surface area contributed by atoms with Crippen molar-refractivity contribution in [3.8, 4) is 45.3 Å². The molecule has 210 valence electrons. The Labute approximate surface area is 259 Å². The average Bonchev–Trinajstić information content (AvgIpc) is 3.50. The molecule has 0 radical (unpaired) electrons. The van der Waals surface area contributed by atoms with Crippen LogP contribution in [0.5, 0.6) is 0 Å². The minimum Gasteiger partial charge on any atom is -0.455 e. The van der Waals surface area contributed by atoms with E-state index >= 15 is 0 Å². The molecule has 2 aromatic heterocycles. The normalized spacial score (nSPS) is 11.6. The monoisotopic (exact) mass is 575 g/mol. The first kappa shape index (κ1) is 25.4. The third-order valence-electron chi connectivity index (χ3n) is 8.52. The van der Waals surface area contributed by atoms with Gasteiger partial charge >= 0.3 is 0 Å². The zero-order valence-electron chi connectivity index (χ0n) is 24.2. The number of furan rings is 1. The van der Waals surface area contributed by atoms with E-state index in [-0.39, 0.29) is 0 Å². The van der Waals surface area contributed by atoms with Crippen molar-refractivity contribution >= 4 is 43.5 Å². The van der Waals surface area contributed by atoms with Crippen LogP contribution in [0, 0.1) is 0 Å². The Balaban J connectivity index is 1.19. The lowest BCUT2D eigenvalue weighted by molar-refractivity contribution is 0.669. The van der Waals surface area contributed by atoms with Crippen LogP contribution in [-0.4, -0.2) is 15.0 Å². The van der Waals surface area contributed by atoms with E-state index in [0.717, 1.165) is 49.8 Å². The van der Waals surface area contributed by atoms with Crippen LogP contribution in [0.3, 0.4) is 0 Å². The zero-order valence-corrected chi connectivity index (χ0v) is 24.2. The first-order chi connectivity index (χ1) is 22.3.